The van der Waals surface area contributed by atoms with Crippen LogP contribution in [-0.4, -0.2) is 11.5 Å². The number of aromatic nitrogens is 1. The molecule has 0 amide bonds. The Balaban J connectivity index is 2.82. The van der Waals surface area contributed by atoms with Gasteiger partial charge in [-0.1, -0.05) is 0 Å². The summed E-state index contributed by atoms with van der Waals surface area (Å²) in [5.41, 5.74) is 1.66. The molecule has 3 nitrogen and oxygen atoms in total. The van der Waals surface area contributed by atoms with E-state index in [1.807, 2.05) is 6.92 Å². The minimum absolute atomic E-state index is 0.654. The number of nitrogens with zero attached hydrogens (tertiary/aromatic N) is 2. The number of anilines is 1. The number of hydrogen-bond acceptors (Lipinski definition) is 4. The van der Waals surface area contributed by atoms with Crippen LogP contribution < -0.4 is 5.32 Å². The third-order valence-corrected chi connectivity index (χ3v) is 1.74. The van der Waals surface area contributed by atoms with Crippen molar-refractivity contribution in [3.05, 3.63) is 10.4 Å². The summed E-state index contributed by atoms with van der Waals surface area (Å²) in [7, 11) is 0. The van der Waals surface area contributed by atoms with E-state index in [0.29, 0.717) is 10.7 Å². The number of nitrogens with one attached hydrogen (secondary N) is 1. The van der Waals surface area contributed by atoms with Crippen molar-refractivity contribution in [3.63, 3.8) is 0 Å². The molecule has 0 unspecified atom stereocenters. The van der Waals surface area contributed by atoms with Crippen molar-refractivity contribution in [2.24, 2.45) is 0 Å². The summed E-state index contributed by atoms with van der Waals surface area (Å²) >= 11 is 1.35. The number of rotatable bonds is 2. The average molecular weight is 153 g/mol. The van der Waals surface area contributed by atoms with Crippen LogP contribution in [0.4, 0.5) is 5.82 Å². The maximum absolute atomic E-state index is 8.51. The molecule has 0 saturated carbocycles. The fourth-order valence-corrected chi connectivity index (χ4v) is 1.17. The monoisotopic (exact) mass is 153 g/mol. The molecule has 0 aliphatic heterocycles. The van der Waals surface area contributed by atoms with Crippen molar-refractivity contribution in [2.45, 2.75) is 6.92 Å². The lowest BCUT2D eigenvalue weighted by Crippen LogP contribution is -1.97. The third-order valence-electron chi connectivity index (χ3n) is 1.01. The predicted octanol–water partition coefficient (Wildman–Crippen LogP) is 1.45. The molecule has 0 aromatic carbocycles. The van der Waals surface area contributed by atoms with Gasteiger partial charge in [0.05, 0.1) is 5.51 Å². The number of nitriles is 1. The van der Waals surface area contributed by atoms with Gasteiger partial charge in [0, 0.05) is 6.54 Å². The van der Waals surface area contributed by atoms with E-state index in [-0.39, 0.29) is 0 Å². The van der Waals surface area contributed by atoms with Gasteiger partial charge in [-0.25, -0.2) is 4.98 Å². The predicted molar refractivity (Wildman–Crippen MR) is 41.0 cm³/mol. The van der Waals surface area contributed by atoms with Gasteiger partial charge in [0.2, 0.25) is 0 Å². The molecule has 1 N–H and O–H groups in total. The molecular weight excluding hydrogens is 146 g/mol. The molecule has 0 bridgehead atoms. The SMILES string of the molecule is CCNc1ncsc1C#N. The summed E-state index contributed by atoms with van der Waals surface area (Å²) in [6, 6.07) is 2.05. The lowest BCUT2D eigenvalue weighted by molar-refractivity contribution is 1.17. The van der Waals surface area contributed by atoms with Crippen molar-refractivity contribution in [1.82, 2.24) is 4.98 Å². The number of hydrogen-bond donors (Lipinski definition) is 1. The van der Waals surface area contributed by atoms with Gasteiger partial charge in [-0.15, -0.1) is 11.3 Å². The minimum atomic E-state index is 0.654. The van der Waals surface area contributed by atoms with E-state index in [1.54, 1.807) is 5.51 Å². The molecule has 10 heavy (non-hydrogen) atoms. The third kappa shape index (κ3) is 1.25. The summed E-state index contributed by atoms with van der Waals surface area (Å²) in [4.78, 5) is 4.62. The number of thiazole rings is 1. The van der Waals surface area contributed by atoms with Gasteiger partial charge in [-0.3, -0.25) is 0 Å². The second kappa shape index (κ2) is 3.18. The first kappa shape index (κ1) is 7.03. The zero-order valence-electron chi connectivity index (χ0n) is 5.59. The Kier molecular flexibility index (Phi) is 2.24. The van der Waals surface area contributed by atoms with Crippen LogP contribution in [0.1, 0.15) is 11.8 Å². The van der Waals surface area contributed by atoms with E-state index < -0.39 is 0 Å². The van der Waals surface area contributed by atoms with Crippen LogP contribution in [-0.2, 0) is 0 Å². The van der Waals surface area contributed by atoms with Crippen LogP contribution in [0, 0.1) is 11.3 Å². The molecule has 0 fully saturated rings. The van der Waals surface area contributed by atoms with Gasteiger partial charge in [-0.2, -0.15) is 5.26 Å². The minimum Gasteiger partial charge on any atom is -0.369 e. The van der Waals surface area contributed by atoms with Gasteiger partial charge < -0.3 is 5.32 Å². The van der Waals surface area contributed by atoms with Crippen LogP contribution in [0.2, 0.25) is 0 Å². The molecule has 4 heteroatoms. The Hall–Kier alpha value is -1.08. The largest absolute Gasteiger partial charge is 0.369 e. The van der Waals surface area contributed by atoms with E-state index in [0.717, 1.165) is 6.54 Å². The van der Waals surface area contributed by atoms with Crippen LogP contribution in [0.25, 0.3) is 0 Å². The molecular formula is C6H7N3S. The van der Waals surface area contributed by atoms with Gasteiger partial charge in [0.15, 0.2) is 5.82 Å². The Morgan fingerprint density at radius 1 is 1.90 bits per heavy atom. The van der Waals surface area contributed by atoms with Crippen LogP contribution in [0.5, 0.6) is 0 Å². The lowest BCUT2D eigenvalue weighted by atomic mass is 10.5. The van der Waals surface area contributed by atoms with Crippen molar-refractivity contribution >= 4 is 17.2 Å². The van der Waals surface area contributed by atoms with Crippen molar-refractivity contribution in [1.29, 1.82) is 5.26 Å². The molecule has 52 valence electrons. The summed E-state index contributed by atoms with van der Waals surface area (Å²) in [6.07, 6.45) is 0. The molecule has 0 aliphatic carbocycles. The maximum atomic E-state index is 8.51. The second-order valence-corrected chi connectivity index (χ2v) is 2.53. The first-order valence-corrected chi connectivity index (χ1v) is 3.84. The van der Waals surface area contributed by atoms with Crippen LogP contribution in [0.3, 0.4) is 0 Å². The molecule has 0 aliphatic rings. The van der Waals surface area contributed by atoms with Gasteiger partial charge in [0.25, 0.3) is 0 Å². The summed E-state index contributed by atoms with van der Waals surface area (Å²) in [5, 5.41) is 11.5. The van der Waals surface area contributed by atoms with E-state index >= 15 is 0 Å². The van der Waals surface area contributed by atoms with E-state index in [4.69, 9.17) is 5.26 Å². The van der Waals surface area contributed by atoms with E-state index in [2.05, 4.69) is 16.4 Å². The van der Waals surface area contributed by atoms with E-state index in [9.17, 15) is 0 Å². The Bertz CT molecular complexity index is 248. The summed E-state index contributed by atoms with van der Waals surface area (Å²) in [6.45, 7) is 2.78. The molecule has 0 saturated heterocycles. The van der Waals surface area contributed by atoms with Crippen molar-refractivity contribution in [3.8, 4) is 6.07 Å². The highest BCUT2D eigenvalue weighted by molar-refractivity contribution is 7.10. The highest BCUT2D eigenvalue weighted by atomic mass is 32.1. The molecule has 0 spiro atoms. The Morgan fingerprint density at radius 2 is 2.70 bits per heavy atom. The smallest absolute Gasteiger partial charge is 0.155 e. The highest BCUT2D eigenvalue weighted by Crippen LogP contribution is 2.15. The maximum Gasteiger partial charge on any atom is 0.155 e. The van der Waals surface area contributed by atoms with Crippen molar-refractivity contribution in [2.75, 3.05) is 11.9 Å². The Morgan fingerprint density at radius 3 is 3.30 bits per heavy atom. The normalized spacial score (nSPS) is 8.80. The van der Waals surface area contributed by atoms with Crippen molar-refractivity contribution < 1.29 is 0 Å². The zero-order chi connectivity index (χ0) is 7.40. The van der Waals surface area contributed by atoms with Gasteiger partial charge in [-0.05, 0) is 6.92 Å². The van der Waals surface area contributed by atoms with Gasteiger partial charge >= 0.3 is 0 Å². The van der Waals surface area contributed by atoms with E-state index in [1.165, 1.54) is 11.3 Å². The van der Waals surface area contributed by atoms with Gasteiger partial charge in [0.1, 0.15) is 10.9 Å². The molecule has 0 atom stereocenters. The molecule has 1 rings (SSSR count). The first-order valence-electron chi connectivity index (χ1n) is 2.96. The average Bonchev–Trinajstić information content (AvgIpc) is 2.36. The lowest BCUT2D eigenvalue weighted by Gasteiger charge is -1.94. The molecule has 0 radical (unpaired) electrons. The molecule has 1 heterocycles. The summed E-state index contributed by atoms with van der Waals surface area (Å²) < 4.78 is 0. The topological polar surface area (TPSA) is 48.7 Å². The molecule has 1 aromatic rings. The fourth-order valence-electron chi connectivity index (χ4n) is 0.619. The molecule has 1 aromatic heterocycles. The second-order valence-electron chi connectivity index (χ2n) is 1.67. The standard InChI is InChI=1S/C6H7N3S/c1-2-8-6-5(3-7)10-4-9-6/h4,8H,2H2,1H3. The van der Waals surface area contributed by atoms with Crippen LogP contribution >= 0.6 is 11.3 Å². The highest BCUT2D eigenvalue weighted by Gasteiger charge is 2.01. The first-order chi connectivity index (χ1) is 4.88. The Labute approximate surface area is 63.3 Å². The fraction of sp³-hybridized carbons (Fsp3) is 0.333. The zero-order valence-corrected chi connectivity index (χ0v) is 6.40. The summed E-state index contributed by atoms with van der Waals surface area (Å²) in [5.74, 6) is 0.704. The van der Waals surface area contributed by atoms with Crippen LogP contribution in [0.15, 0.2) is 5.51 Å². The quantitative estimate of drug-likeness (QED) is 0.699.